The number of primary amides is 1. The summed E-state index contributed by atoms with van der Waals surface area (Å²) < 4.78 is 32.6. The van der Waals surface area contributed by atoms with Gasteiger partial charge >= 0.3 is 5.97 Å². The highest BCUT2D eigenvalue weighted by atomic mass is 32.2. The van der Waals surface area contributed by atoms with Gasteiger partial charge in [0.15, 0.2) is 6.10 Å². The molecular weight excluding hydrogens is 356 g/mol. The molecule has 0 aromatic heterocycles. The zero-order valence-corrected chi connectivity index (χ0v) is 15.5. The first-order valence-electron chi connectivity index (χ1n) is 7.80. The Balaban J connectivity index is 2.33. The van der Waals surface area contributed by atoms with Crippen LogP contribution < -0.4 is 10.5 Å². The fraction of sp³-hybridized carbons (Fsp3) is 0.222. The van der Waals surface area contributed by atoms with Gasteiger partial charge in [-0.05, 0) is 56.2 Å². The largest absolute Gasteiger partial charge is 0.449 e. The molecule has 26 heavy (non-hydrogen) atoms. The summed E-state index contributed by atoms with van der Waals surface area (Å²) in [4.78, 5) is 23.2. The number of aryl methyl sites for hydroxylation is 2. The zero-order valence-electron chi connectivity index (χ0n) is 14.6. The van der Waals surface area contributed by atoms with Crippen molar-refractivity contribution in [3.05, 3.63) is 59.2 Å². The van der Waals surface area contributed by atoms with Crippen molar-refractivity contribution in [1.29, 1.82) is 0 Å². The number of carbonyl (C=O) groups excluding carboxylic acids is 2. The third-order valence-corrected chi connectivity index (χ3v) is 5.07. The van der Waals surface area contributed by atoms with Crippen LogP contribution in [0.25, 0.3) is 0 Å². The zero-order chi connectivity index (χ0) is 19.5. The molecule has 1 atom stereocenters. The van der Waals surface area contributed by atoms with E-state index in [4.69, 9.17) is 10.5 Å². The fourth-order valence-corrected chi connectivity index (χ4v) is 3.27. The number of nitrogens with two attached hydrogens (primary N) is 1. The maximum absolute atomic E-state index is 12.6. The average molecular weight is 376 g/mol. The number of carbonyl (C=O) groups is 2. The van der Waals surface area contributed by atoms with Crippen LogP contribution in [-0.4, -0.2) is 26.4 Å². The summed E-state index contributed by atoms with van der Waals surface area (Å²) in [6.07, 6.45) is -1.12. The molecule has 0 unspecified atom stereocenters. The van der Waals surface area contributed by atoms with Crippen LogP contribution in [0.1, 0.15) is 28.4 Å². The number of hydrogen-bond acceptors (Lipinski definition) is 5. The number of esters is 1. The smallest absolute Gasteiger partial charge is 0.339 e. The van der Waals surface area contributed by atoms with Crippen molar-refractivity contribution in [2.75, 3.05) is 4.72 Å². The lowest BCUT2D eigenvalue weighted by Crippen LogP contribution is -2.30. The minimum atomic E-state index is -3.90. The first-order chi connectivity index (χ1) is 12.1. The van der Waals surface area contributed by atoms with Crippen molar-refractivity contribution >= 4 is 27.6 Å². The van der Waals surface area contributed by atoms with E-state index in [1.165, 1.54) is 25.1 Å². The van der Waals surface area contributed by atoms with Gasteiger partial charge in [0.05, 0.1) is 10.5 Å². The summed E-state index contributed by atoms with van der Waals surface area (Å²) in [7, 11) is -3.90. The lowest BCUT2D eigenvalue weighted by molar-refractivity contribution is -0.125. The summed E-state index contributed by atoms with van der Waals surface area (Å²) in [5, 5.41) is 0. The first-order valence-corrected chi connectivity index (χ1v) is 9.29. The Bertz CT molecular complexity index is 954. The van der Waals surface area contributed by atoms with E-state index >= 15 is 0 Å². The van der Waals surface area contributed by atoms with Crippen molar-refractivity contribution in [3.8, 4) is 0 Å². The van der Waals surface area contributed by atoms with Crippen molar-refractivity contribution in [1.82, 2.24) is 0 Å². The third kappa shape index (κ3) is 4.60. The molecule has 2 aromatic carbocycles. The van der Waals surface area contributed by atoms with Gasteiger partial charge in [-0.1, -0.05) is 18.2 Å². The molecule has 0 saturated carbocycles. The molecule has 2 rings (SSSR count). The molecule has 3 N–H and O–H groups in total. The topological polar surface area (TPSA) is 116 Å². The number of ether oxygens (including phenoxy) is 1. The number of nitrogens with one attached hydrogen (secondary N) is 1. The Morgan fingerprint density at radius 1 is 1.12 bits per heavy atom. The summed E-state index contributed by atoms with van der Waals surface area (Å²) in [5.74, 6) is -1.61. The van der Waals surface area contributed by atoms with Crippen molar-refractivity contribution in [3.63, 3.8) is 0 Å². The van der Waals surface area contributed by atoms with E-state index in [0.717, 1.165) is 5.56 Å². The van der Waals surface area contributed by atoms with E-state index in [2.05, 4.69) is 4.72 Å². The van der Waals surface area contributed by atoms with Crippen LogP contribution >= 0.6 is 0 Å². The summed E-state index contributed by atoms with van der Waals surface area (Å²) in [6, 6.07) is 11.0. The minimum absolute atomic E-state index is 0.0465. The molecular formula is C18H20N2O5S. The highest BCUT2D eigenvalue weighted by Gasteiger charge is 2.21. The summed E-state index contributed by atoms with van der Waals surface area (Å²) in [6.45, 7) is 4.82. The second kappa shape index (κ2) is 7.57. The molecule has 2 aromatic rings. The van der Waals surface area contributed by atoms with Crippen molar-refractivity contribution in [2.45, 2.75) is 31.8 Å². The number of amides is 1. The van der Waals surface area contributed by atoms with E-state index in [1.807, 2.05) is 13.0 Å². The maximum Gasteiger partial charge on any atom is 0.339 e. The van der Waals surface area contributed by atoms with Gasteiger partial charge in [-0.3, -0.25) is 9.52 Å². The standard InChI is InChI=1S/C18H20N2O5S/c1-11-5-4-6-14(9-11)20-26(23,24)15-8-7-12(2)16(10-15)18(22)25-13(3)17(19)21/h4-10,13,20H,1-3H3,(H2,19,21)/t13-/m1/s1. The predicted octanol–water partition coefficient (Wildman–Crippen LogP) is 2.13. The van der Waals surface area contributed by atoms with Gasteiger partial charge in [-0.2, -0.15) is 0 Å². The van der Waals surface area contributed by atoms with Gasteiger partial charge in [0, 0.05) is 5.69 Å². The van der Waals surface area contributed by atoms with Gasteiger partial charge in [0.2, 0.25) is 0 Å². The van der Waals surface area contributed by atoms with E-state index in [0.29, 0.717) is 11.3 Å². The van der Waals surface area contributed by atoms with Crippen LogP contribution in [0.2, 0.25) is 0 Å². The van der Waals surface area contributed by atoms with Gasteiger partial charge in [-0.15, -0.1) is 0 Å². The Hall–Kier alpha value is -2.87. The van der Waals surface area contributed by atoms with Crippen LogP contribution in [0.3, 0.4) is 0 Å². The lowest BCUT2D eigenvalue weighted by atomic mass is 10.1. The Kier molecular flexibility index (Phi) is 5.66. The van der Waals surface area contributed by atoms with E-state index in [9.17, 15) is 18.0 Å². The normalized spacial score (nSPS) is 12.3. The van der Waals surface area contributed by atoms with Gasteiger partial charge < -0.3 is 10.5 Å². The SMILES string of the molecule is Cc1cccc(NS(=O)(=O)c2ccc(C)c(C(=O)O[C@H](C)C(N)=O)c2)c1. The maximum atomic E-state index is 12.6. The first kappa shape index (κ1) is 19.5. The predicted molar refractivity (Wildman–Crippen MR) is 97.2 cm³/mol. The van der Waals surface area contributed by atoms with Crippen LogP contribution in [-0.2, 0) is 19.6 Å². The molecule has 138 valence electrons. The van der Waals surface area contributed by atoms with Gasteiger partial charge in [-0.25, -0.2) is 13.2 Å². The number of anilines is 1. The highest BCUT2D eigenvalue weighted by Crippen LogP contribution is 2.21. The van der Waals surface area contributed by atoms with E-state index in [1.54, 1.807) is 25.1 Å². The van der Waals surface area contributed by atoms with Crippen LogP contribution in [0, 0.1) is 13.8 Å². The van der Waals surface area contributed by atoms with Crippen molar-refractivity contribution in [2.24, 2.45) is 5.73 Å². The molecule has 0 heterocycles. The minimum Gasteiger partial charge on any atom is -0.449 e. The molecule has 0 spiro atoms. The number of benzene rings is 2. The Labute approximate surface area is 152 Å². The molecule has 0 aliphatic rings. The Morgan fingerprint density at radius 3 is 2.42 bits per heavy atom. The Morgan fingerprint density at radius 2 is 1.81 bits per heavy atom. The van der Waals surface area contributed by atoms with Crippen LogP contribution in [0.5, 0.6) is 0 Å². The summed E-state index contributed by atoms with van der Waals surface area (Å²) >= 11 is 0. The lowest BCUT2D eigenvalue weighted by Gasteiger charge is -2.13. The molecule has 0 bridgehead atoms. The summed E-state index contributed by atoms with van der Waals surface area (Å²) in [5.41, 5.74) is 6.95. The number of sulfonamides is 1. The van der Waals surface area contributed by atoms with E-state index < -0.39 is 28.0 Å². The fourth-order valence-electron chi connectivity index (χ4n) is 2.19. The molecule has 1 amide bonds. The molecule has 0 aliphatic heterocycles. The average Bonchev–Trinajstić information content (AvgIpc) is 2.54. The molecule has 7 nitrogen and oxygen atoms in total. The molecule has 0 fully saturated rings. The van der Waals surface area contributed by atoms with Gasteiger partial charge in [0.1, 0.15) is 0 Å². The van der Waals surface area contributed by atoms with Crippen LogP contribution in [0.4, 0.5) is 5.69 Å². The van der Waals surface area contributed by atoms with Gasteiger partial charge in [0.25, 0.3) is 15.9 Å². The monoisotopic (exact) mass is 376 g/mol. The highest BCUT2D eigenvalue weighted by molar-refractivity contribution is 7.92. The number of hydrogen-bond donors (Lipinski definition) is 2. The second-order valence-corrected chi connectivity index (χ2v) is 7.58. The second-order valence-electron chi connectivity index (χ2n) is 5.90. The molecule has 0 saturated heterocycles. The van der Waals surface area contributed by atoms with E-state index in [-0.39, 0.29) is 10.5 Å². The molecule has 8 heteroatoms. The van der Waals surface area contributed by atoms with Crippen molar-refractivity contribution < 1.29 is 22.7 Å². The molecule has 0 aliphatic carbocycles. The molecule has 0 radical (unpaired) electrons. The third-order valence-electron chi connectivity index (χ3n) is 3.69. The quantitative estimate of drug-likeness (QED) is 0.749. The van der Waals surface area contributed by atoms with Crippen LogP contribution in [0.15, 0.2) is 47.4 Å². The number of rotatable bonds is 6.